The minimum Gasteiger partial charge on any atom is -0.507 e. The highest BCUT2D eigenvalue weighted by atomic mass is 16.3. The molecular formula is C25H22N2O2. The van der Waals surface area contributed by atoms with Crippen molar-refractivity contribution >= 4 is 33.1 Å². The van der Waals surface area contributed by atoms with Crippen LogP contribution in [-0.2, 0) is 4.79 Å². The maximum Gasteiger partial charge on any atom is 0.240 e. The Morgan fingerprint density at radius 2 is 1.48 bits per heavy atom. The molecule has 144 valence electrons. The van der Waals surface area contributed by atoms with Gasteiger partial charge in [0.05, 0.1) is 0 Å². The van der Waals surface area contributed by atoms with Crippen molar-refractivity contribution in [1.82, 2.24) is 0 Å². The van der Waals surface area contributed by atoms with Gasteiger partial charge in [-0.15, -0.1) is 0 Å². The van der Waals surface area contributed by atoms with Crippen LogP contribution in [0.5, 0.6) is 5.75 Å². The molecule has 1 fully saturated rings. The molecule has 0 spiro atoms. The fourth-order valence-electron chi connectivity index (χ4n) is 4.64. The lowest BCUT2D eigenvalue weighted by atomic mass is 9.91. The highest BCUT2D eigenvalue weighted by Crippen LogP contribution is 2.46. The zero-order chi connectivity index (χ0) is 20.0. The SMILES string of the molecule is NC(=O)[C@@H]1CCCN1c1ccc2ccccc2c1-c1c(O)ccc2ccccc12. The second-order valence-electron chi connectivity index (χ2n) is 7.62. The Kier molecular flexibility index (Phi) is 4.13. The molecule has 0 aromatic heterocycles. The van der Waals surface area contributed by atoms with Crippen molar-refractivity contribution in [2.75, 3.05) is 11.4 Å². The van der Waals surface area contributed by atoms with Crippen LogP contribution in [0, 0.1) is 0 Å². The van der Waals surface area contributed by atoms with E-state index in [9.17, 15) is 9.90 Å². The van der Waals surface area contributed by atoms with E-state index in [0.717, 1.165) is 57.7 Å². The van der Waals surface area contributed by atoms with E-state index in [1.165, 1.54) is 0 Å². The molecule has 1 heterocycles. The molecule has 1 aliphatic heterocycles. The number of phenolic OH excluding ortho intramolecular Hbond substituents is 1. The van der Waals surface area contributed by atoms with Gasteiger partial charge in [0.1, 0.15) is 11.8 Å². The molecule has 0 aliphatic carbocycles. The number of carbonyl (C=O) groups excluding carboxylic acids is 1. The Morgan fingerprint density at radius 1 is 0.862 bits per heavy atom. The smallest absolute Gasteiger partial charge is 0.240 e. The predicted octanol–water partition coefficient (Wildman–Crippen LogP) is 4.82. The molecule has 4 aromatic carbocycles. The van der Waals surface area contributed by atoms with E-state index in [1.807, 2.05) is 42.5 Å². The van der Waals surface area contributed by atoms with Gasteiger partial charge in [0, 0.05) is 23.4 Å². The highest BCUT2D eigenvalue weighted by molar-refractivity contribution is 6.12. The van der Waals surface area contributed by atoms with Gasteiger partial charge in [-0.3, -0.25) is 4.79 Å². The molecule has 4 nitrogen and oxygen atoms in total. The quantitative estimate of drug-likeness (QED) is 0.534. The van der Waals surface area contributed by atoms with Crippen LogP contribution in [0.3, 0.4) is 0 Å². The van der Waals surface area contributed by atoms with Gasteiger partial charge in [-0.05, 0) is 46.5 Å². The number of phenols is 1. The molecule has 0 radical (unpaired) electrons. The second kappa shape index (κ2) is 6.82. The number of nitrogens with zero attached hydrogens (tertiary/aromatic N) is 1. The standard InChI is InChI=1S/C25H22N2O2/c26-25(29)21-10-5-15-27(21)20-13-11-16-6-1-3-8-18(16)23(20)24-19-9-4-2-7-17(19)12-14-22(24)28/h1-4,6-9,11-14,21,28H,5,10,15H2,(H2,26,29)/t21-/m0/s1. The lowest BCUT2D eigenvalue weighted by molar-refractivity contribution is -0.119. The first kappa shape index (κ1) is 17.6. The lowest BCUT2D eigenvalue weighted by Gasteiger charge is -2.28. The van der Waals surface area contributed by atoms with Gasteiger partial charge < -0.3 is 15.7 Å². The summed E-state index contributed by atoms with van der Waals surface area (Å²) in [7, 11) is 0. The van der Waals surface area contributed by atoms with Crippen molar-refractivity contribution in [3.05, 3.63) is 72.8 Å². The number of amides is 1. The van der Waals surface area contributed by atoms with E-state index in [1.54, 1.807) is 6.07 Å². The molecule has 1 aliphatic rings. The Bertz CT molecular complexity index is 1250. The van der Waals surface area contributed by atoms with E-state index >= 15 is 0 Å². The third-order valence-corrected chi connectivity index (χ3v) is 5.95. The monoisotopic (exact) mass is 382 g/mol. The van der Waals surface area contributed by atoms with E-state index in [4.69, 9.17) is 5.73 Å². The Balaban J connectivity index is 1.88. The fourth-order valence-corrected chi connectivity index (χ4v) is 4.64. The van der Waals surface area contributed by atoms with E-state index in [-0.39, 0.29) is 17.7 Å². The zero-order valence-corrected chi connectivity index (χ0v) is 16.0. The van der Waals surface area contributed by atoms with Crippen LogP contribution in [0.25, 0.3) is 32.7 Å². The maximum absolute atomic E-state index is 12.1. The summed E-state index contributed by atoms with van der Waals surface area (Å²) in [6.45, 7) is 0.768. The number of nitrogens with two attached hydrogens (primary N) is 1. The summed E-state index contributed by atoms with van der Waals surface area (Å²) in [5, 5.41) is 15.1. The topological polar surface area (TPSA) is 66.6 Å². The normalized spacial score (nSPS) is 16.6. The lowest BCUT2D eigenvalue weighted by Crippen LogP contribution is -2.40. The number of anilines is 1. The third kappa shape index (κ3) is 2.80. The number of hydrogen-bond acceptors (Lipinski definition) is 3. The summed E-state index contributed by atoms with van der Waals surface area (Å²) in [5.41, 5.74) is 8.40. The fraction of sp³-hybridized carbons (Fsp3) is 0.160. The maximum atomic E-state index is 12.1. The molecule has 1 saturated heterocycles. The second-order valence-corrected chi connectivity index (χ2v) is 7.62. The molecule has 1 atom stereocenters. The van der Waals surface area contributed by atoms with Gasteiger partial charge in [0.15, 0.2) is 0 Å². The van der Waals surface area contributed by atoms with E-state index in [0.29, 0.717) is 0 Å². The Morgan fingerprint density at radius 3 is 2.17 bits per heavy atom. The Labute approximate surface area is 169 Å². The van der Waals surface area contributed by atoms with Crippen molar-refractivity contribution in [1.29, 1.82) is 0 Å². The Hall–Kier alpha value is -3.53. The van der Waals surface area contributed by atoms with Gasteiger partial charge >= 0.3 is 0 Å². The van der Waals surface area contributed by atoms with Gasteiger partial charge in [-0.2, -0.15) is 0 Å². The summed E-state index contributed by atoms with van der Waals surface area (Å²) >= 11 is 0. The zero-order valence-electron chi connectivity index (χ0n) is 16.0. The number of aromatic hydroxyl groups is 1. The number of benzene rings is 4. The van der Waals surface area contributed by atoms with E-state index in [2.05, 4.69) is 29.2 Å². The van der Waals surface area contributed by atoms with Crippen LogP contribution >= 0.6 is 0 Å². The first-order valence-electron chi connectivity index (χ1n) is 9.94. The number of hydrogen-bond donors (Lipinski definition) is 2. The van der Waals surface area contributed by atoms with Crippen molar-refractivity contribution < 1.29 is 9.90 Å². The van der Waals surface area contributed by atoms with Crippen LogP contribution in [0.1, 0.15) is 12.8 Å². The summed E-state index contributed by atoms with van der Waals surface area (Å²) in [4.78, 5) is 14.2. The van der Waals surface area contributed by atoms with Crippen LogP contribution in [0.4, 0.5) is 5.69 Å². The van der Waals surface area contributed by atoms with Crippen LogP contribution in [-0.4, -0.2) is 23.6 Å². The first-order valence-corrected chi connectivity index (χ1v) is 9.94. The summed E-state index contributed by atoms with van der Waals surface area (Å²) in [6, 6.07) is 23.7. The van der Waals surface area contributed by atoms with Crippen LogP contribution in [0.15, 0.2) is 72.8 Å². The van der Waals surface area contributed by atoms with Crippen molar-refractivity contribution in [3.63, 3.8) is 0 Å². The van der Waals surface area contributed by atoms with Crippen LogP contribution < -0.4 is 10.6 Å². The minimum atomic E-state index is -0.327. The third-order valence-electron chi connectivity index (χ3n) is 5.95. The van der Waals surface area contributed by atoms with Gasteiger partial charge in [-0.25, -0.2) is 0 Å². The molecule has 29 heavy (non-hydrogen) atoms. The highest BCUT2D eigenvalue weighted by Gasteiger charge is 2.32. The molecule has 0 bridgehead atoms. The molecule has 4 heteroatoms. The average Bonchev–Trinajstić information content (AvgIpc) is 3.23. The molecule has 0 unspecified atom stereocenters. The minimum absolute atomic E-state index is 0.233. The largest absolute Gasteiger partial charge is 0.507 e. The summed E-state index contributed by atoms with van der Waals surface area (Å²) < 4.78 is 0. The van der Waals surface area contributed by atoms with Gasteiger partial charge in [-0.1, -0.05) is 60.7 Å². The van der Waals surface area contributed by atoms with Crippen LogP contribution in [0.2, 0.25) is 0 Å². The van der Waals surface area contributed by atoms with Gasteiger partial charge in [0.2, 0.25) is 5.91 Å². The molecule has 5 rings (SSSR count). The van der Waals surface area contributed by atoms with Crippen molar-refractivity contribution in [2.24, 2.45) is 5.73 Å². The molecule has 0 saturated carbocycles. The number of rotatable bonds is 3. The average molecular weight is 382 g/mol. The number of fused-ring (bicyclic) bond motifs is 2. The number of primary amides is 1. The molecule has 3 N–H and O–H groups in total. The molecular weight excluding hydrogens is 360 g/mol. The van der Waals surface area contributed by atoms with Crippen molar-refractivity contribution in [3.8, 4) is 16.9 Å². The van der Waals surface area contributed by atoms with E-state index < -0.39 is 0 Å². The van der Waals surface area contributed by atoms with Crippen molar-refractivity contribution in [2.45, 2.75) is 18.9 Å². The summed E-state index contributed by atoms with van der Waals surface area (Å²) in [5.74, 6) is -0.0696. The first-order chi connectivity index (χ1) is 14.1. The van der Waals surface area contributed by atoms with Gasteiger partial charge in [0.25, 0.3) is 0 Å². The summed E-state index contributed by atoms with van der Waals surface area (Å²) in [6.07, 6.45) is 1.67. The molecule has 4 aromatic rings. The molecule has 1 amide bonds. The predicted molar refractivity (Wildman–Crippen MR) is 118 cm³/mol. The number of carbonyl (C=O) groups is 1.